The van der Waals surface area contributed by atoms with E-state index >= 15 is 0 Å². The molecule has 1 rings (SSSR count). The number of unbranched alkanes of at least 4 members (excludes halogenated alkanes) is 1. The Hall–Kier alpha value is -1.84. The summed E-state index contributed by atoms with van der Waals surface area (Å²) in [7, 11) is 0. The summed E-state index contributed by atoms with van der Waals surface area (Å²) in [6, 6.07) is 7.82. The zero-order chi connectivity index (χ0) is 13.4. The summed E-state index contributed by atoms with van der Waals surface area (Å²) in [6.45, 7) is 4.95. The predicted octanol–water partition coefficient (Wildman–Crippen LogP) is 1.53. The van der Waals surface area contributed by atoms with Crippen LogP contribution in [0.5, 0.6) is 0 Å². The molecule has 0 saturated carbocycles. The van der Waals surface area contributed by atoms with Crippen LogP contribution in [0.4, 0.5) is 0 Å². The highest BCUT2D eigenvalue weighted by Gasteiger charge is 2.11. The van der Waals surface area contributed by atoms with Gasteiger partial charge in [-0.25, -0.2) is 0 Å². The molecule has 0 heterocycles. The van der Waals surface area contributed by atoms with Crippen molar-refractivity contribution in [3.05, 3.63) is 35.4 Å². The van der Waals surface area contributed by atoms with Crippen LogP contribution in [0.3, 0.4) is 0 Å². The maximum Gasteiger partial charge on any atom is 0.309 e. The Labute approximate surface area is 108 Å². The van der Waals surface area contributed by atoms with Gasteiger partial charge in [0.15, 0.2) is 0 Å². The lowest BCUT2D eigenvalue weighted by Gasteiger charge is -2.06. The first kappa shape index (κ1) is 14.2. The molecule has 0 unspecified atom stereocenters. The third kappa shape index (κ3) is 4.99. The van der Waals surface area contributed by atoms with E-state index in [0.29, 0.717) is 13.1 Å². The molecule has 4 nitrogen and oxygen atoms in total. The number of hydrogen-bond donors (Lipinski definition) is 2. The number of hydrogen-bond acceptors (Lipinski definition) is 2. The summed E-state index contributed by atoms with van der Waals surface area (Å²) in [5.41, 5.74) is 2.12. The molecule has 0 aliphatic carbocycles. The lowest BCUT2D eigenvalue weighted by Crippen LogP contribution is -2.39. The molecule has 2 amide bonds. The first-order valence-corrected chi connectivity index (χ1v) is 6.25. The quantitative estimate of drug-likeness (QED) is 0.613. The largest absolute Gasteiger partial charge is 0.348 e. The van der Waals surface area contributed by atoms with Gasteiger partial charge < -0.3 is 10.6 Å². The molecule has 2 N–H and O–H groups in total. The highest BCUT2D eigenvalue weighted by molar-refractivity contribution is 6.35. The maximum absolute atomic E-state index is 11.5. The molecule has 0 spiro atoms. The van der Waals surface area contributed by atoms with Crippen molar-refractivity contribution < 1.29 is 9.59 Å². The van der Waals surface area contributed by atoms with E-state index in [1.54, 1.807) is 0 Å². The molecule has 0 aromatic heterocycles. The van der Waals surface area contributed by atoms with Gasteiger partial charge in [0.2, 0.25) is 0 Å². The van der Waals surface area contributed by atoms with E-state index in [1.807, 2.05) is 38.1 Å². The van der Waals surface area contributed by atoms with Gasteiger partial charge in [0.25, 0.3) is 0 Å². The van der Waals surface area contributed by atoms with E-state index < -0.39 is 11.8 Å². The van der Waals surface area contributed by atoms with Gasteiger partial charge in [0.05, 0.1) is 0 Å². The number of carbonyl (C=O) groups is 2. The van der Waals surface area contributed by atoms with Crippen LogP contribution in [-0.2, 0) is 16.1 Å². The number of rotatable bonds is 5. The SMILES string of the molecule is CCCCNC(=O)C(=O)NCc1cccc(C)c1. The zero-order valence-corrected chi connectivity index (χ0v) is 11.0. The fraction of sp³-hybridized carbons (Fsp3) is 0.429. The van der Waals surface area contributed by atoms with Gasteiger partial charge in [0.1, 0.15) is 0 Å². The van der Waals surface area contributed by atoms with Crippen molar-refractivity contribution in [1.29, 1.82) is 0 Å². The number of nitrogens with one attached hydrogen (secondary N) is 2. The van der Waals surface area contributed by atoms with E-state index in [2.05, 4.69) is 10.6 Å². The van der Waals surface area contributed by atoms with E-state index in [9.17, 15) is 9.59 Å². The fourth-order valence-corrected chi connectivity index (χ4v) is 1.54. The van der Waals surface area contributed by atoms with Crippen molar-refractivity contribution >= 4 is 11.8 Å². The highest BCUT2D eigenvalue weighted by Crippen LogP contribution is 2.02. The van der Waals surface area contributed by atoms with E-state index in [0.717, 1.165) is 24.0 Å². The molecule has 1 aromatic carbocycles. The lowest BCUT2D eigenvalue weighted by atomic mass is 10.1. The average molecular weight is 248 g/mol. The minimum absolute atomic E-state index is 0.377. The third-order valence-corrected chi connectivity index (χ3v) is 2.56. The third-order valence-electron chi connectivity index (χ3n) is 2.56. The number of aryl methyl sites for hydroxylation is 1. The second kappa shape index (κ2) is 7.48. The van der Waals surface area contributed by atoms with Gasteiger partial charge in [-0.05, 0) is 18.9 Å². The molecule has 0 aliphatic heterocycles. The average Bonchev–Trinajstić information content (AvgIpc) is 2.36. The molecule has 0 atom stereocenters. The van der Waals surface area contributed by atoms with Gasteiger partial charge >= 0.3 is 11.8 Å². The monoisotopic (exact) mass is 248 g/mol. The molecule has 0 bridgehead atoms. The molecule has 1 aromatic rings. The van der Waals surface area contributed by atoms with Gasteiger partial charge in [-0.3, -0.25) is 9.59 Å². The van der Waals surface area contributed by atoms with Gasteiger partial charge in [0, 0.05) is 13.1 Å². The summed E-state index contributed by atoms with van der Waals surface area (Å²) in [6.07, 6.45) is 1.88. The van der Waals surface area contributed by atoms with Gasteiger partial charge in [-0.1, -0.05) is 43.2 Å². The Morgan fingerprint density at radius 1 is 1.17 bits per heavy atom. The molecule has 4 heteroatoms. The van der Waals surface area contributed by atoms with Crippen molar-refractivity contribution in [3.63, 3.8) is 0 Å². The molecule has 0 aliphatic rings. The Bertz CT molecular complexity index is 416. The molecular formula is C14H20N2O2. The summed E-state index contributed by atoms with van der Waals surface area (Å²) >= 11 is 0. The Morgan fingerprint density at radius 3 is 2.56 bits per heavy atom. The topological polar surface area (TPSA) is 58.2 Å². The number of amides is 2. The van der Waals surface area contributed by atoms with Crippen LogP contribution in [-0.4, -0.2) is 18.4 Å². The summed E-state index contributed by atoms with van der Waals surface area (Å²) < 4.78 is 0. The first-order valence-electron chi connectivity index (χ1n) is 6.25. The van der Waals surface area contributed by atoms with Crippen LogP contribution < -0.4 is 10.6 Å². The molecule has 0 saturated heterocycles. The number of carbonyl (C=O) groups excluding carboxylic acids is 2. The second-order valence-electron chi connectivity index (χ2n) is 4.28. The van der Waals surface area contributed by atoms with E-state index in [1.165, 1.54) is 0 Å². The number of benzene rings is 1. The summed E-state index contributed by atoms with van der Waals surface area (Å²) in [5.74, 6) is -1.14. The first-order chi connectivity index (χ1) is 8.63. The zero-order valence-electron chi connectivity index (χ0n) is 11.0. The highest BCUT2D eigenvalue weighted by atomic mass is 16.2. The van der Waals surface area contributed by atoms with Crippen molar-refractivity contribution in [2.45, 2.75) is 33.2 Å². The summed E-state index contributed by atoms with van der Waals surface area (Å²) in [5, 5.41) is 5.18. The smallest absolute Gasteiger partial charge is 0.309 e. The minimum Gasteiger partial charge on any atom is -0.348 e. The standard InChI is InChI=1S/C14H20N2O2/c1-3-4-8-15-13(17)14(18)16-10-12-7-5-6-11(2)9-12/h5-7,9H,3-4,8,10H2,1-2H3,(H,15,17)(H,16,18). The normalized spacial score (nSPS) is 9.89. The Balaban J connectivity index is 2.34. The molecule has 0 fully saturated rings. The molecule has 18 heavy (non-hydrogen) atoms. The van der Waals surface area contributed by atoms with Crippen LogP contribution >= 0.6 is 0 Å². The van der Waals surface area contributed by atoms with Crippen molar-refractivity contribution in [1.82, 2.24) is 10.6 Å². The van der Waals surface area contributed by atoms with Crippen molar-refractivity contribution in [2.75, 3.05) is 6.54 Å². The van der Waals surface area contributed by atoms with Crippen LogP contribution in [0, 0.1) is 6.92 Å². The summed E-state index contributed by atoms with van der Waals surface area (Å²) in [4.78, 5) is 22.9. The van der Waals surface area contributed by atoms with Crippen LogP contribution in [0.1, 0.15) is 30.9 Å². The maximum atomic E-state index is 11.5. The van der Waals surface area contributed by atoms with Gasteiger partial charge in [-0.2, -0.15) is 0 Å². The molecule has 0 radical (unpaired) electrons. The van der Waals surface area contributed by atoms with Crippen molar-refractivity contribution in [2.24, 2.45) is 0 Å². The van der Waals surface area contributed by atoms with Gasteiger partial charge in [-0.15, -0.1) is 0 Å². The Morgan fingerprint density at radius 2 is 1.89 bits per heavy atom. The van der Waals surface area contributed by atoms with Crippen LogP contribution in [0.25, 0.3) is 0 Å². The van der Waals surface area contributed by atoms with Crippen LogP contribution in [0.2, 0.25) is 0 Å². The second-order valence-corrected chi connectivity index (χ2v) is 4.28. The van der Waals surface area contributed by atoms with Crippen molar-refractivity contribution in [3.8, 4) is 0 Å². The predicted molar refractivity (Wildman–Crippen MR) is 70.9 cm³/mol. The molecular weight excluding hydrogens is 228 g/mol. The van der Waals surface area contributed by atoms with Crippen LogP contribution in [0.15, 0.2) is 24.3 Å². The fourth-order valence-electron chi connectivity index (χ4n) is 1.54. The minimum atomic E-state index is -0.576. The lowest BCUT2D eigenvalue weighted by molar-refractivity contribution is -0.139. The Kier molecular flexibility index (Phi) is 5.91. The van der Waals surface area contributed by atoms with E-state index in [4.69, 9.17) is 0 Å². The molecule has 98 valence electrons. The van der Waals surface area contributed by atoms with E-state index in [-0.39, 0.29) is 0 Å².